The summed E-state index contributed by atoms with van der Waals surface area (Å²) in [6.07, 6.45) is 3.29. The van der Waals surface area contributed by atoms with Gasteiger partial charge in [0.15, 0.2) is 0 Å². The van der Waals surface area contributed by atoms with E-state index in [1.54, 1.807) is 24.5 Å². The standard InChI is InChI=1S/C20H18N4O3/c1-3-24(4-2)17-14-9-5-6-10-15(14)26-20(25)16(17)19-23-22-18(27-19)13-8-7-11-21-12-13/h5-12H,3-4H2,1-2H3. The summed E-state index contributed by atoms with van der Waals surface area (Å²) < 4.78 is 11.3. The number of aromatic nitrogens is 3. The molecule has 7 heteroatoms. The summed E-state index contributed by atoms with van der Waals surface area (Å²) in [7, 11) is 0. The van der Waals surface area contributed by atoms with Gasteiger partial charge < -0.3 is 13.7 Å². The summed E-state index contributed by atoms with van der Waals surface area (Å²) in [5, 5.41) is 9.02. The molecule has 0 N–H and O–H groups in total. The molecule has 1 aromatic carbocycles. The quantitative estimate of drug-likeness (QED) is 0.500. The van der Waals surface area contributed by atoms with Gasteiger partial charge in [-0.1, -0.05) is 12.1 Å². The summed E-state index contributed by atoms with van der Waals surface area (Å²) in [5.74, 6) is 0.436. The Balaban J connectivity index is 1.96. The number of pyridine rings is 1. The lowest BCUT2D eigenvalue weighted by Crippen LogP contribution is -2.25. The Hall–Kier alpha value is -3.48. The molecule has 4 aromatic rings. The van der Waals surface area contributed by atoms with Crippen LogP contribution in [0.4, 0.5) is 5.69 Å². The Morgan fingerprint density at radius 3 is 2.48 bits per heavy atom. The average molecular weight is 362 g/mol. The molecule has 0 aliphatic carbocycles. The van der Waals surface area contributed by atoms with Crippen molar-refractivity contribution in [1.29, 1.82) is 0 Å². The number of hydrogen-bond acceptors (Lipinski definition) is 7. The topological polar surface area (TPSA) is 85.3 Å². The molecular formula is C20H18N4O3. The molecule has 3 heterocycles. The Morgan fingerprint density at radius 2 is 1.74 bits per heavy atom. The van der Waals surface area contributed by atoms with Crippen molar-refractivity contribution < 1.29 is 8.83 Å². The predicted octanol–water partition coefficient (Wildman–Crippen LogP) is 3.75. The van der Waals surface area contributed by atoms with Crippen LogP contribution in [0.5, 0.6) is 0 Å². The molecular weight excluding hydrogens is 344 g/mol. The van der Waals surface area contributed by atoms with Crippen molar-refractivity contribution in [1.82, 2.24) is 15.2 Å². The Labute approximate surface area is 155 Å². The molecule has 0 aliphatic heterocycles. The summed E-state index contributed by atoms with van der Waals surface area (Å²) in [6, 6.07) is 11.1. The fraction of sp³-hybridized carbons (Fsp3) is 0.200. The zero-order valence-electron chi connectivity index (χ0n) is 15.0. The van der Waals surface area contributed by atoms with Gasteiger partial charge in [-0.05, 0) is 38.1 Å². The summed E-state index contributed by atoms with van der Waals surface area (Å²) in [5.41, 5.74) is 1.73. The van der Waals surface area contributed by atoms with Crippen molar-refractivity contribution in [2.24, 2.45) is 0 Å². The number of rotatable bonds is 5. The SMILES string of the molecule is CCN(CC)c1c(-c2nnc(-c3cccnc3)o2)c(=O)oc2ccccc12. The van der Waals surface area contributed by atoms with Gasteiger partial charge in [0.1, 0.15) is 11.1 Å². The van der Waals surface area contributed by atoms with E-state index in [-0.39, 0.29) is 11.5 Å². The number of fused-ring (bicyclic) bond motifs is 1. The van der Waals surface area contributed by atoms with Gasteiger partial charge in [-0.3, -0.25) is 4.98 Å². The minimum Gasteiger partial charge on any atom is -0.422 e. The number of hydrogen-bond donors (Lipinski definition) is 0. The second-order valence-electron chi connectivity index (χ2n) is 5.94. The first-order valence-corrected chi connectivity index (χ1v) is 8.78. The van der Waals surface area contributed by atoms with Crippen LogP contribution in [-0.2, 0) is 0 Å². The lowest BCUT2D eigenvalue weighted by molar-refractivity contribution is 0.546. The van der Waals surface area contributed by atoms with E-state index < -0.39 is 5.63 Å². The molecule has 0 saturated heterocycles. The lowest BCUT2D eigenvalue weighted by Gasteiger charge is -2.23. The average Bonchev–Trinajstić information content (AvgIpc) is 3.19. The van der Waals surface area contributed by atoms with Crippen LogP contribution >= 0.6 is 0 Å². The van der Waals surface area contributed by atoms with Crippen molar-refractivity contribution in [3.8, 4) is 22.9 Å². The second kappa shape index (κ2) is 7.03. The fourth-order valence-corrected chi connectivity index (χ4v) is 3.12. The number of para-hydroxylation sites is 1. The molecule has 7 nitrogen and oxygen atoms in total. The monoisotopic (exact) mass is 362 g/mol. The third-order valence-corrected chi connectivity index (χ3v) is 4.41. The van der Waals surface area contributed by atoms with Crippen LogP contribution in [-0.4, -0.2) is 28.3 Å². The zero-order valence-corrected chi connectivity index (χ0v) is 15.0. The molecule has 0 saturated carbocycles. The minimum atomic E-state index is -0.503. The van der Waals surface area contributed by atoms with Crippen molar-refractivity contribution in [2.45, 2.75) is 13.8 Å². The minimum absolute atomic E-state index is 0.134. The van der Waals surface area contributed by atoms with Crippen LogP contribution in [0, 0.1) is 0 Å². The van der Waals surface area contributed by atoms with Gasteiger partial charge in [0, 0.05) is 30.9 Å². The van der Waals surface area contributed by atoms with E-state index in [9.17, 15) is 4.79 Å². The molecule has 0 aliphatic rings. The van der Waals surface area contributed by atoms with Crippen LogP contribution in [0.25, 0.3) is 33.9 Å². The maximum absolute atomic E-state index is 12.8. The molecule has 0 atom stereocenters. The van der Waals surface area contributed by atoms with Crippen LogP contribution in [0.1, 0.15) is 13.8 Å². The number of anilines is 1. The van der Waals surface area contributed by atoms with E-state index in [0.29, 0.717) is 17.0 Å². The zero-order chi connectivity index (χ0) is 18.8. The maximum Gasteiger partial charge on any atom is 0.351 e. The number of benzene rings is 1. The van der Waals surface area contributed by atoms with Gasteiger partial charge >= 0.3 is 5.63 Å². The van der Waals surface area contributed by atoms with Crippen LogP contribution in [0.2, 0.25) is 0 Å². The van der Waals surface area contributed by atoms with Gasteiger partial charge in [-0.15, -0.1) is 10.2 Å². The summed E-state index contributed by atoms with van der Waals surface area (Å²) in [4.78, 5) is 18.9. The van der Waals surface area contributed by atoms with Crippen LogP contribution in [0.3, 0.4) is 0 Å². The van der Waals surface area contributed by atoms with Gasteiger partial charge in [0.2, 0.25) is 5.89 Å². The summed E-state index contributed by atoms with van der Waals surface area (Å²) in [6.45, 7) is 5.51. The van der Waals surface area contributed by atoms with Crippen molar-refractivity contribution in [3.05, 3.63) is 59.2 Å². The van der Waals surface area contributed by atoms with E-state index in [1.165, 1.54) is 0 Å². The van der Waals surface area contributed by atoms with Gasteiger partial charge in [-0.25, -0.2) is 4.79 Å². The van der Waals surface area contributed by atoms with E-state index in [2.05, 4.69) is 20.1 Å². The molecule has 0 spiro atoms. The molecule has 0 unspecified atom stereocenters. The molecule has 3 aromatic heterocycles. The maximum atomic E-state index is 12.8. The van der Waals surface area contributed by atoms with Gasteiger partial charge in [0.05, 0.1) is 11.3 Å². The van der Waals surface area contributed by atoms with Crippen molar-refractivity contribution >= 4 is 16.7 Å². The molecule has 0 fully saturated rings. The first-order chi connectivity index (χ1) is 13.2. The highest BCUT2D eigenvalue weighted by molar-refractivity contribution is 5.97. The first kappa shape index (κ1) is 17.0. The fourth-order valence-electron chi connectivity index (χ4n) is 3.12. The lowest BCUT2D eigenvalue weighted by atomic mass is 10.1. The Bertz CT molecular complexity index is 1130. The number of nitrogens with zero attached hydrogens (tertiary/aromatic N) is 4. The van der Waals surface area contributed by atoms with Gasteiger partial charge in [0.25, 0.3) is 5.89 Å². The molecule has 136 valence electrons. The molecule has 0 amide bonds. The molecule has 0 bridgehead atoms. The van der Waals surface area contributed by atoms with Gasteiger partial charge in [-0.2, -0.15) is 0 Å². The van der Waals surface area contributed by atoms with Crippen LogP contribution in [0.15, 0.2) is 62.4 Å². The summed E-state index contributed by atoms with van der Waals surface area (Å²) >= 11 is 0. The Kier molecular flexibility index (Phi) is 4.42. The smallest absolute Gasteiger partial charge is 0.351 e. The highest BCUT2D eigenvalue weighted by Gasteiger charge is 2.24. The van der Waals surface area contributed by atoms with Crippen molar-refractivity contribution in [3.63, 3.8) is 0 Å². The van der Waals surface area contributed by atoms with Crippen LogP contribution < -0.4 is 10.5 Å². The van der Waals surface area contributed by atoms with E-state index >= 15 is 0 Å². The Morgan fingerprint density at radius 1 is 0.963 bits per heavy atom. The van der Waals surface area contributed by atoms with E-state index in [0.717, 1.165) is 24.2 Å². The van der Waals surface area contributed by atoms with E-state index in [4.69, 9.17) is 8.83 Å². The molecule has 27 heavy (non-hydrogen) atoms. The van der Waals surface area contributed by atoms with Crippen molar-refractivity contribution in [2.75, 3.05) is 18.0 Å². The normalized spacial score (nSPS) is 11.0. The third kappa shape index (κ3) is 2.97. The largest absolute Gasteiger partial charge is 0.422 e. The van der Waals surface area contributed by atoms with E-state index in [1.807, 2.05) is 38.1 Å². The predicted molar refractivity (Wildman–Crippen MR) is 103 cm³/mol. The first-order valence-electron chi connectivity index (χ1n) is 8.78. The third-order valence-electron chi connectivity index (χ3n) is 4.41. The second-order valence-corrected chi connectivity index (χ2v) is 5.94. The molecule has 0 radical (unpaired) electrons. The molecule has 4 rings (SSSR count). The highest BCUT2D eigenvalue weighted by Crippen LogP contribution is 2.35. The highest BCUT2D eigenvalue weighted by atomic mass is 16.4.